The van der Waals surface area contributed by atoms with E-state index in [2.05, 4.69) is 6.92 Å². The van der Waals surface area contributed by atoms with Gasteiger partial charge in [0, 0.05) is 12.8 Å². The molecule has 18 heavy (non-hydrogen) atoms. The zero-order valence-corrected chi connectivity index (χ0v) is 11.7. The quantitative estimate of drug-likeness (QED) is 0.740. The van der Waals surface area contributed by atoms with Crippen molar-refractivity contribution in [3.8, 4) is 0 Å². The van der Waals surface area contributed by atoms with Gasteiger partial charge in [0.05, 0.1) is 12.7 Å². The lowest BCUT2D eigenvalue weighted by atomic mass is 9.94. The molecule has 3 nitrogen and oxygen atoms in total. The van der Waals surface area contributed by atoms with Crippen molar-refractivity contribution in [2.75, 3.05) is 6.61 Å². The highest BCUT2D eigenvalue weighted by molar-refractivity contribution is 4.85. The first kappa shape index (κ1) is 14.3. The number of rotatable bonds is 6. The molecule has 2 aliphatic rings. The average molecular weight is 256 g/mol. The third kappa shape index (κ3) is 3.69. The maximum absolute atomic E-state index is 10.2. The Kier molecular flexibility index (Phi) is 5.46. The van der Waals surface area contributed by atoms with Gasteiger partial charge in [0.15, 0.2) is 5.79 Å². The minimum Gasteiger partial charge on any atom is -0.390 e. The molecule has 3 heteroatoms. The van der Waals surface area contributed by atoms with E-state index in [4.69, 9.17) is 9.47 Å². The summed E-state index contributed by atoms with van der Waals surface area (Å²) in [6.45, 7) is 2.78. The Hall–Kier alpha value is -0.120. The Balaban J connectivity index is 1.70. The molecule has 0 unspecified atom stereocenters. The molecule has 2 atom stereocenters. The van der Waals surface area contributed by atoms with Crippen molar-refractivity contribution in [1.29, 1.82) is 0 Å². The minimum absolute atomic E-state index is 0.0928. The van der Waals surface area contributed by atoms with Crippen LogP contribution in [0.15, 0.2) is 0 Å². The second kappa shape index (κ2) is 6.88. The molecule has 1 saturated carbocycles. The average Bonchev–Trinajstić information content (AvgIpc) is 2.79. The summed E-state index contributed by atoms with van der Waals surface area (Å²) in [6, 6.07) is 0. The summed E-state index contributed by atoms with van der Waals surface area (Å²) in [4.78, 5) is 0. The first-order valence-corrected chi connectivity index (χ1v) is 7.75. The molecule has 0 aromatic rings. The Morgan fingerprint density at radius 1 is 1.17 bits per heavy atom. The van der Waals surface area contributed by atoms with Crippen LogP contribution in [0.25, 0.3) is 0 Å². The highest BCUT2D eigenvalue weighted by atomic mass is 16.7. The van der Waals surface area contributed by atoms with E-state index in [0.29, 0.717) is 6.61 Å². The molecule has 0 amide bonds. The molecule has 0 aromatic heterocycles. The van der Waals surface area contributed by atoms with Crippen LogP contribution in [-0.2, 0) is 9.47 Å². The van der Waals surface area contributed by atoms with E-state index in [0.717, 1.165) is 25.7 Å². The number of hydrogen-bond donors (Lipinski definition) is 1. The van der Waals surface area contributed by atoms with Crippen LogP contribution in [0, 0.1) is 0 Å². The number of unbranched alkanes of at least 4 members (excludes halogenated alkanes) is 3. The van der Waals surface area contributed by atoms with E-state index in [1.807, 2.05) is 0 Å². The Morgan fingerprint density at radius 2 is 1.94 bits per heavy atom. The van der Waals surface area contributed by atoms with E-state index < -0.39 is 0 Å². The predicted molar refractivity (Wildman–Crippen MR) is 71.4 cm³/mol. The molecule has 1 heterocycles. The van der Waals surface area contributed by atoms with Gasteiger partial charge in [-0.1, -0.05) is 39.0 Å². The molecule has 1 aliphatic heterocycles. The largest absolute Gasteiger partial charge is 0.390 e. The first-order valence-electron chi connectivity index (χ1n) is 7.75. The third-order valence-corrected chi connectivity index (χ3v) is 4.27. The maximum Gasteiger partial charge on any atom is 0.169 e. The molecule has 0 aromatic carbocycles. The van der Waals surface area contributed by atoms with Crippen LogP contribution in [0.4, 0.5) is 0 Å². The van der Waals surface area contributed by atoms with Gasteiger partial charge >= 0.3 is 0 Å². The third-order valence-electron chi connectivity index (χ3n) is 4.27. The van der Waals surface area contributed by atoms with Crippen molar-refractivity contribution in [1.82, 2.24) is 0 Å². The van der Waals surface area contributed by atoms with Crippen molar-refractivity contribution in [3.05, 3.63) is 0 Å². The van der Waals surface area contributed by atoms with E-state index in [1.165, 1.54) is 38.5 Å². The predicted octanol–water partition coefficient (Wildman–Crippen LogP) is 3.39. The van der Waals surface area contributed by atoms with Crippen molar-refractivity contribution >= 4 is 0 Å². The van der Waals surface area contributed by atoms with Gasteiger partial charge in [0.25, 0.3) is 0 Å². The zero-order valence-electron chi connectivity index (χ0n) is 11.7. The SMILES string of the molecule is CCCCCC[C@@H](O)[C@H]1COC2(CCCCC2)O1. The Morgan fingerprint density at radius 3 is 2.67 bits per heavy atom. The number of aliphatic hydroxyl groups is 1. The fourth-order valence-corrected chi connectivity index (χ4v) is 3.09. The van der Waals surface area contributed by atoms with E-state index >= 15 is 0 Å². The van der Waals surface area contributed by atoms with Crippen molar-refractivity contribution in [3.63, 3.8) is 0 Å². The lowest BCUT2D eigenvalue weighted by Gasteiger charge is -2.32. The van der Waals surface area contributed by atoms with Gasteiger partial charge < -0.3 is 14.6 Å². The molecule has 0 bridgehead atoms. The second-order valence-corrected chi connectivity index (χ2v) is 5.86. The zero-order chi connectivity index (χ0) is 12.8. The van der Waals surface area contributed by atoms with Crippen LogP contribution < -0.4 is 0 Å². The van der Waals surface area contributed by atoms with Crippen molar-refractivity contribution < 1.29 is 14.6 Å². The van der Waals surface area contributed by atoms with Gasteiger partial charge in [-0.15, -0.1) is 0 Å². The van der Waals surface area contributed by atoms with E-state index in [9.17, 15) is 5.11 Å². The topological polar surface area (TPSA) is 38.7 Å². The van der Waals surface area contributed by atoms with Gasteiger partial charge in [-0.05, 0) is 19.3 Å². The van der Waals surface area contributed by atoms with Crippen LogP contribution in [0.3, 0.4) is 0 Å². The van der Waals surface area contributed by atoms with Gasteiger partial charge in [0.2, 0.25) is 0 Å². The first-order chi connectivity index (χ1) is 8.76. The van der Waals surface area contributed by atoms with Gasteiger partial charge in [-0.25, -0.2) is 0 Å². The fourth-order valence-electron chi connectivity index (χ4n) is 3.09. The van der Waals surface area contributed by atoms with Crippen molar-refractivity contribution in [2.45, 2.75) is 89.1 Å². The van der Waals surface area contributed by atoms with Crippen molar-refractivity contribution in [2.24, 2.45) is 0 Å². The highest BCUT2D eigenvalue weighted by Gasteiger charge is 2.44. The Labute approximate surface area is 111 Å². The molecule has 1 spiro atoms. The molecular formula is C15H28O3. The van der Waals surface area contributed by atoms with E-state index in [-0.39, 0.29) is 18.0 Å². The normalized spacial score (nSPS) is 28.7. The van der Waals surface area contributed by atoms with Crippen LogP contribution in [0.2, 0.25) is 0 Å². The van der Waals surface area contributed by atoms with Crippen LogP contribution >= 0.6 is 0 Å². The Bertz CT molecular complexity index is 236. The smallest absolute Gasteiger partial charge is 0.169 e. The van der Waals surface area contributed by atoms with Gasteiger partial charge in [-0.2, -0.15) is 0 Å². The summed E-state index contributed by atoms with van der Waals surface area (Å²) in [6.07, 6.45) is 10.9. The summed E-state index contributed by atoms with van der Waals surface area (Å²) in [7, 11) is 0. The molecule has 2 fully saturated rings. The highest BCUT2D eigenvalue weighted by Crippen LogP contribution is 2.38. The molecule has 1 N–H and O–H groups in total. The number of aliphatic hydroxyl groups excluding tert-OH is 1. The lowest BCUT2D eigenvalue weighted by molar-refractivity contribution is -0.195. The summed E-state index contributed by atoms with van der Waals surface area (Å²) >= 11 is 0. The van der Waals surface area contributed by atoms with Crippen LogP contribution in [0.5, 0.6) is 0 Å². The molecular weight excluding hydrogens is 228 g/mol. The molecule has 0 radical (unpaired) electrons. The number of hydrogen-bond acceptors (Lipinski definition) is 3. The lowest BCUT2D eigenvalue weighted by Crippen LogP contribution is -2.36. The molecule has 2 rings (SSSR count). The summed E-state index contributed by atoms with van der Waals surface area (Å²) in [5, 5.41) is 10.2. The monoisotopic (exact) mass is 256 g/mol. The number of ether oxygens (including phenoxy) is 2. The van der Waals surface area contributed by atoms with Crippen LogP contribution in [0.1, 0.15) is 71.1 Å². The summed E-state index contributed by atoms with van der Waals surface area (Å²) in [5.41, 5.74) is 0. The molecule has 106 valence electrons. The minimum atomic E-state index is -0.344. The summed E-state index contributed by atoms with van der Waals surface area (Å²) < 4.78 is 11.9. The van der Waals surface area contributed by atoms with Gasteiger partial charge in [0.1, 0.15) is 6.10 Å². The fraction of sp³-hybridized carbons (Fsp3) is 1.00. The molecule has 1 saturated heterocycles. The van der Waals surface area contributed by atoms with E-state index in [1.54, 1.807) is 0 Å². The molecule has 1 aliphatic carbocycles. The van der Waals surface area contributed by atoms with Gasteiger partial charge in [-0.3, -0.25) is 0 Å². The second-order valence-electron chi connectivity index (χ2n) is 5.86. The van der Waals surface area contributed by atoms with Crippen LogP contribution in [-0.4, -0.2) is 29.7 Å². The summed E-state index contributed by atoms with van der Waals surface area (Å²) in [5.74, 6) is -0.340. The standard InChI is InChI=1S/C15H28O3/c1-2-3-4-6-9-13(16)14-12-17-15(18-14)10-7-5-8-11-15/h13-14,16H,2-12H2,1H3/t13-,14-/m1/s1. The maximum atomic E-state index is 10.2.